The van der Waals surface area contributed by atoms with E-state index in [0.717, 1.165) is 25.7 Å². The fraction of sp³-hybridized carbons (Fsp3) is 0.846. The van der Waals surface area contributed by atoms with Gasteiger partial charge in [0.05, 0.1) is 6.54 Å². The second-order valence-corrected chi connectivity index (χ2v) is 5.69. The lowest BCUT2D eigenvalue weighted by Crippen LogP contribution is -2.45. The van der Waals surface area contributed by atoms with Crippen molar-refractivity contribution in [1.29, 1.82) is 0 Å². The van der Waals surface area contributed by atoms with Crippen LogP contribution >= 0.6 is 0 Å². The molecule has 1 fully saturated rings. The summed E-state index contributed by atoms with van der Waals surface area (Å²) in [6.45, 7) is 4.67. The van der Waals surface area contributed by atoms with Gasteiger partial charge in [0, 0.05) is 18.5 Å². The monoisotopic (exact) mass is 255 g/mol. The Morgan fingerprint density at radius 1 is 1.22 bits per heavy atom. The van der Waals surface area contributed by atoms with Gasteiger partial charge in [-0.25, -0.2) is 0 Å². The van der Waals surface area contributed by atoms with Crippen molar-refractivity contribution in [2.45, 2.75) is 45.6 Å². The van der Waals surface area contributed by atoms with Gasteiger partial charge in [-0.05, 0) is 31.6 Å². The van der Waals surface area contributed by atoms with Crippen LogP contribution in [0.2, 0.25) is 0 Å². The summed E-state index contributed by atoms with van der Waals surface area (Å²) in [7, 11) is 0. The van der Waals surface area contributed by atoms with Crippen LogP contribution in [0.5, 0.6) is 0 Å². The number of hydrogen-bond acceptors (Lipinski definition) is 3. The molecule has 0 heterocycles. The number of amides is 2. The maximum absolute atomic E-state index is 12.4. The number of carbonyl (C=O) groups excluding carboxylic acids is 2. The van der Waals surface area contributed by atoms with E-state index in [0.29, 0.717) is 12.5 Å². The second kappa shape index (κ2) is 6.73. The minimum atomic E-state index is -0.448. The lowest BCUT2D eigenvalue weighted by molar-refractivity contribution is -0.140. The Morgan fingerprint density at radius 2 is 1.78 bits per heavy atom. The van der Waals surface area contributed by atoms with Crippen LogP contribution in [-0.4, -0.2) is 35.8 Å². The largest absolute Gasteiger partial charge is 0.368 e. The highest BCUT2D eigenvalue weighted by Gasteiger charge is 2.29. The van der Waals surface area contributed by atoms with Crippen LogP contribution in [0.15, 0.2) is 0 Å². The number of carbonyl (C=O) groups is 2. The highest BCUT2D eigenvalue weighted by Crippen LogP contribution is 2.25. The molecule has 0 saturated heterocycles. The first-order valence-corrected chi connectivity index (χ1v) is 6.72. The zero-order valence-corrected chi connectivity index (χ0v) is 11.4. The smallest absolute Gasteiger partial charge is 0.237 e. The third kappa shape index (κ3) is 4.64. The quantitative estimate of drug-likeness (QED) is 0.748. The summed E-state index contributed by atoms with van der Waals surface area (Å²) in [5.41, 5.74) is 11.0. The highest BCUT2D eigenvalue weighted by molar-refractivity contribution is 5.85. The molecule has 1 aliphatic rings. The predicted octanol–water partition coefficient (Wildman–Crippen LogP) is 0.474. The minimum Gasteiger partial charge on any atom is -0.368 e. The van der Waals surface area contributed by atoms with Crippen LogP contribution in [0.4, 0.5) is 0 Å². The highest BCUT2D eigenvalue weighted by atomic mass is 16.2. The van der Waals surface area contributed by atoms with Gasteiger partial charge in [-0.3, -0.25) is 9.59 Å². The molecule has 1 rings (SSSR count). The van der Waals surface area contributed by atoms with Crippen molar-refractivity contribution >= 4 is 11.8 Å². The summed E-state index contributed by atoms with van der Waals surface area (Å²) in [5.74, 6) is -0.0343. The van der Waals surface area contributed by atoms with E-state index in [4.69, 9.17) is 11.5 Å². The standard InChI is InChI=1S/C13H25N3O2/c1-9(2)7-16(8-12(15)17)13(18)10-3-5-11(14)6-4-10/h9-11H,3-8,14H2,1-2H3,(H2,15,17). The molecule has 0 aromatic rings. The van der Waals surface area contributed by atoms with E-state index in [-0.39, 0.29) is 24.4 Å². The Balaban J connectivity index is 2.60. The molecule has 0 aromatic heterocycles. The van der Waals surface area contributed by atoms with Gasteiger partial charge in [0.2, 0.25) is 11.8 Å². The van der Waals surface area contributed by atoms with E-state index in [1.54, 1.807) is 4.90 Å². The van der Waals surface area contributed by atoms with Gasteiger partial charge >= 0.3 is 0 Å². The molecule has 4 N–H and O–H groups in total. The van der Waals surface area contributed by atoms with Crippen molar-refractivity contribution < 1.29 is 9.59 Å². The third-order valence-corrected chi connectivity index (χ3v) is 3.36. The molecule has 5 heteroatoms. The fourth-order valence-corrected chi connectivity index (χ4v) is 2.49. The Bertz CT molecular complexity index is 297. The Hall–Kier alpha value is -1.10. The van der Waals surface area contributed by atoms with E-state index < -0.39 is 5.91 Å². The normalized spacial score (nSPS) is 24.0. The van der Waals surface area contributed by atoms with E-state index >= 15 is 0 Å². The van der Waals surface area contributed by atoms with Gasteiger partial charge in [0.15, 0.2) is 0 Å². The van der Waals surface area contributed by atoms with Gasteiger partial charge in [-0.2, -0.15) is 0 Å². The fourth-order valence-electron chi connectivity index (χ4n) is 2.49. The SMILES string of the molecule is CC(C)CN(CC(N)=O)C(=O)C1CCC(N)CC1. The minimum absolute atomic E-state index is 0.0166. The molecule has 1 aliphatic carbocycles. The number of primary amides is 1. The van der Waals surface area contributed by atoms with Crippen LogP contribution in [0.3, 0.4) is 0 Å². The molecule has 0 aromatic carbocycles. The van der Waals surface area contributed by atoms with Gasteiger partial charge in [0.25, 0.3) is 0 Å². The zero-order valence-electron chi connectivity index (χ0n) is 11.4. The molecule has 0 spiro atoms. The Labute approximate surface area is 109 Å². The van der Waals surface area contributed by atoms with E-state index in [2.05, 4.69) is 0 Å². The summed E-state index contributed by atoms with van der Waals surface area (Å²) in [5, 5.41) is 0. The predicted molar refractivity (Wildman–Crippen MR) is 70.5 cm³/mol. The maximum Gasteiger partial charge on any atom is 0.237 e. The molecular formula is C13H25N3O2. The number of hydrogen-bond donors (Lipinski definition) is 2. The molecule has 0 atom stereocenters. The summed E-state index contributed by atoms with van der Waals surface area (Å²) in [4.78, 5) is 25.0. The molecule has 0 aliphatic heterocycles. The summed E-state index contributed by atoms with van der Waals surface area (Å²) in [6, 6.07) is 0.226. The van der Waals surface area contributed by atoms with Gasteiger partial charge in [-0.15, -0.1) is 0 Å². The molecule has 0 radical (unpaired) electrons. The van der Waals surface area contributed by atoms with Gasteiger partial charge in [-0.1, -0.05) is 13.8 Å². The van der Waals surface area contributed by atoms with Crippen LogP contribution in [0.1, 0.15) is 39.5 Å². The summed E-state index contributed by atoms with van der Waals surface area (Å²) in [6.07, 6.45) is 3.44. The van der Waals surface area contributed by atoms with E-state index in [9.17, 15) is 9.59 Å². The topological polar surface area (TPSA) is 89.4 Å². The summed E-state index contributed by atoms with van der Waals surface area (Å²) < 4.78 is 0. The lowest BCUT2D eigenvalue weighted by atomic mass is 9.85. The van der Waals surface area contributed by atoms with Crippen molar-refractivity contribution in [2.24, 2.45) is 23.3 Å². The third-order valence-electron chi connectivity index (χ3n) is 3.36. The lowest BCUT2D eigenvalue weighted by Gasteiger charge is -2.31. The maximum atomic E-state index is 12.4. The summed E-state index contributed by atoms with van der Waals surface area (Å²) >= 11 is 0. The van der Waals surface area contributed by atoms with E-state index in [1.165, 1.54) is 0 Å². The Morgan fingerprint density at radius 3 is 2.22 bits per heavy atom. The van der Waals surface area contributed by atoms with Crippen molar-refractivity contribution in [3.05, 3.63) is 0 Å². The van der Waals surface area contributed by atoms with E-state index in [1.807, 2.05) is 13.8 Å². The van der Waals surface area contributed by atoms with Crippen molar-refractivity contribution in [1.82, 2.24) is 4.90 Å². The first kappa shape index (κ1) is 15.0. The first-order chi connectivity index (χ1) is 8.40. The van der Waals surface area contributed by atoms with Crippen LogP contribution < -0.4 is 11.5 Å². The molecule has 104 valence electrons. The van der Waals surface area contributed by atoms with Crippen molar-refractivity contribution in [2.75, 3.05) is 13.1 Å². The first-order valence-electron chi connectivity index (χ1n) is 6.72. The zero-order chi connectivity index (χ0) is 13.7. The average molecular weight is 255 g/mol. The number of nitrogens with zero attached hydrogens (tertiary/aromatic N) is 1. The van der Waals surface area contributed by atoms with Crippen molar-refractivity contribution in [3.8, 4) is 0 Å². The molecule has 2 amide bonds. The Kier molecular flexibility index (Phi) is 5.59. The second-order valence-electron chi connectivity index (χ2n) is 5.69. The molecule has 18 heavy (non-hydrogen) atoms. The number of rotatable bonds is 5. The number of nitrogens with two attached hydrogens (primary N) is 2. The molecule has 5 nitrogen and oxygen atoms in total. The van der Waals surface area contributed by atoms with Gasteiger partial charge in [0.1, 0.15) is 0 Å². The van der Waals surface area contributed by atoms with Crippen molar-refractivity contribution in [3.63, 3.8) is 0 Å². The van der Waals surface area contributed by atoms with Crippen LogP contribution in [-0.2, 0) is 9.59 Å². The molecule has 0 bridgehead atoms. The molecule has 1 saturated carbocycles. The average Bonchev–Trinajstić information content (AvgIpc) is 2.27. The van der Waals surface area contributed by atoms with Gasteiger partial charge < -0.3 is 16.4 Å². The molecule has 0 unspecified atom stereocenters. The molecular weight excluding hydrogens is 230 g/mol. The van der Waals surface area contributed by atoms with Crippen LogP contribution in [0, 0.1) is 11.8 Å². The van der Waals surface area contributed by atoms with Crippen LogP contribution in [0.25, 0.3) is 0 Å².